The molecule has 1 N–H and O–H groups in total. The van der Waals surface area contributed by atoms with Crippen molar-refractivity contribution >= 4 is 17.5 Å². The molecule has 6 nitrogen and oxygen atoms in total. The number of nitrogens with one attached hydrogen (secondary N) is 1. The Morgan fingerprint density at radius 2 is 1.85 bits per heavy atom. The summed E-state index contributed by atoms with van der Waals surface area (Å²) in [7, 11) is 0. The van der Waals surface area contributed by atoms with Crippen molar-refractivity contribution in [2.75, 3.05) is 42.9 Å². The lowest BCUT2D eigenvalue weighted by Crippen LogP contribution is -2.49. The fourth-order valence-electron chi connectivity index (χ4n) is 2.98. The molecule has 0 radical (unpaired) electrons. The number of hydrogen-bond acceptors (Lipinski definition) is 5. The van der Waals surface area contributed by atoms with E-state index in [1.165, 1.54) is 12.1 Å². The lowest BCUT2D eigenvalue weighted by Gasteiger charge is -2.36. The molecular formula is C19H24FN5O. The Morgan fingerprint density at radius 3 is 2.50 bits per heavy atom. The molecule has 0 aliphatic carbocycles. The summed E-state index contributed by atoms with van der Waals surface area (Å²) >= 11 is 0. The molecule has 0 bridgehead atoms. The van der Waals surface area contributed by atoms with Gasteiger partial charge in [-0.15, -0.1) is 0 Å². The van der Waals surface area contributed by atoms with E-state index >= 15 is 0 Å². The Labute approximate surface area is 153 Å². The van der Waals surface area contributed by atoms with Gasteiger partial charge in [0, 0.05) is 44.1 Å². The van der Waals surface area contributed by atoms with Crippen LogP contribution in [0.15, 0.2) is 30.3 Å². The van der Waals surface area contributed by atoms with Gasteiger partial charge in [-0.1, -0.05) is 6.92 Å². The minimum atomic E-state index is -0.241. The molecule has 26 heavy (non-hydrogen) atoms. The topological polar surface area (TPSA) is 61.4 Å². The highest BCUT2D eigenvalue weighted by atomic mass is 19.1. The summed E-state index contributed by atoms with van der Waals surface area (Å²) in [6, 6.07) is 8.19. The first-order valence-corrected chi connectivity index (χ1v) is 8.96. The van der Waals surface area contributed by atoms with E-state index in [4.69, 9.17) is 0 Å². The predicted molar refractivity (Wildman–Crippen MR) is 100 cm³/mol. The molecule has 2 aromatic rings. The van der Waals surface area contributed by atoms with Crippen LogP contribution in [0.1, 0.15) is 29.5 Å². The van der Waals surface area contributed by atoms with Gasteiger partial charge in [0.1, 0.15) is 11.5 Å². The van der Waals surface area contributed by atoms with Crippen molar-refractivity contribution < 1.29 is 9.18 Å². The van der Waals surface area contributed by atoms with Crippen LogP contribution in [0, 0.1) is 12.7 Å². The van der Waals surface area contributed by atoms with Crippen molar-refractivity contribution in [3.63, 3.8) is 0 Å². The molecule has 3 rings (SSSR count). The molecule has 0 saturated carbocycles. The third kappa shape index (κ3) is 4.28. The number of halogens is 1. The number of hydrogen-bond donors (Lipinski definition) is 1. The fourth-order valence-corrected chi connectivity index (χ4v) is 2.98. The van der Waals surface area contributed by atoms with Gasteiger partial charge < -0.3 is 15.1 Å². The van der Waals surface area contributed by atoms with Gasteiger partial charge >= 0.3 is 0 Å². The maximum atomic E-state index is 13.1. The van der Waals surface area contributed by atoms with Crippen molar-refractivity contribution in [1.29, 1.82) is 0 Å². The molecule has 138 valence electrons. The molecule has 1 aromatic heterocycles. The first kappa shape index (κ1) is 18.1. The van der Waals surface area contributed by atoms with Gasteiger partial charge in [-0.2, -0.15) is 0 Å². The smallest absolute Gasteiger partial charge is 0.272 e. The van der Waals surface area contributed by atoms with Crippen LogP contribution < -0.4 is 10.2 Å². The van der Waals surface area contributed by atoms with Crippen molar-refractivity contribution in [3.05, 3.63) is 47.5 Å². The molecule has 1 aliphatic heterocycles. The van der Waals surface area contributed by atoms with Crippen LogP contribution in [0.2, 0.25) is 0 Å². The molecule has 0 atom stereocenters. The highest BCUT2D eigenvalue weighted by Crippen LogP contribution is 2.18. The van der Waals surface area contributed by atoms with Gasteiger partial charge in [0.15, 0.2) is 0 Å². The Kier molecular flexibility index (Phi) is 5.65. The minimum absolute atomic E-state index is 0.0752. The number of nitrogens with zero attached hydrogens (tertiary/aromatic N) is 4. The first-order chi connectivity index (χ1) is 12.6. The summed E-state index contributed by atoms with van der Waals surface area (Å²) in [6.07, 6.45) is 0.964. The van der Waals surface area contributed by atoms with Crippen LogP contribution in [0.3, 0.4) is 0 Å². The van der Waals surface area contributed by atoms with E-state index in [9.17, 15) is 9.18 Å². The van der Waals surface area contributed by atoms with E-state index in [2.05, 4.69) is 27.1 Å². The van der Waals surface area contributed by atoms with Gasteiger partial charge in [0.05, 0.1) is 0 Å². The van der Waals surface area contributed by atoms with Crippen LogP contribution in [-0.2, 0) is 0 Å². The minimum Gasteiger partial charge on any atom is -0.368 e. The molecule has 7 heteroatoms. The zero-order chi connectivity index (χ0) is 18.5. The standard InChI is InChI=1S/C19H24FN5O/c1-3-8-21-19-22-14(2)13-17(23-19)18(26)25-11-9-24(10-12-25)16-6-4-15(20)5-7-16/h4-7,13H,3,8-12H2,1-2H3,(H,21,22,23). The van der Waals surface area contributed by atoms with E-state index < -0.39 is 0 Å². The molecular weight excluding hydrogens is 333 g/mol. The fraction of sp³-hybridized carbons (Fsp3) is 0.421. The number of anilines is 2. The summed E-state index contributed by atoms with van der Waals surface area (Å²) in [4.78, 5) is 25.5. The lowest BCUT2D eigenvalue weighted by atomic mass is 10.2. The van der Waals surface area contributed by atoms with Gasteiger partial charge in [0.2, 0.25) is 5.95 Å². The van der Waals surface area contributed by atoms with Crippen LogP contribution >= 0.6 is 0 Å². The van der Waals surface area contributed by atoms with E-state index in [0.717, 1.165) is 24.3 Å². The number of rotatable bonds is 5. The van der Waals surface area contributed by atoms with E-state index in [1.807, 2.05) is 11.8 Å². The van der Waals surface area contributed by atoms with Gasteiger partial charge in [-0.05, 0) is 43.7 Å². The maximum Gasteiger partial charge on any atom is 0.272 e. The van der Waals surface area contributed by atoms with Gasteiger partial charge in [0.25, 0.3) is 5.91 Å². The molecule has 1 fully saturated rings. The molecule has 1 aromatic carbocycles. The third-order valence-electron chi connectivity index (χ3n) is 4.37. The zero-order valence-electron chi connectivity index (χ0n) is 15.2. The molecule has 0 spiro atoms. The summed E-state index contributed by atoms with van der Waals surface area (Å²) in [5, 5.41) is 3.13. The largest absolute Gasteiger partial charge is 0.368 e. The summed E-state index contributed by atoms with van der Waals surface area (Å²) in [5.41, 5.74) is 2.17. The average molecular weight is 357 g/mol. The van der Waals surface area contributed by atoms with Crippen molar-refractivity contribution in [3.8, 4) is 0 Å². The van der Waals surface area contributed by atoms with E-state index in [0.29, 0.717) is 37.8 Å². The number of benzene rings is 1. The van der Waals surface area contributed by atoms with Gasteiger partial charge in [-0.3, -0.25) is 4.79 Å². The Morgan fingerprint density at radius 1 is 1.15 bits per heavy atom. The van der Waals surface area contributed by atoms with Gasteiger partial charge in [-0.25, -0.2) is 14.4 Å². The molecule has 0 unspecified atom stereocenters. The second kappa shape index (κ2) is 8.12. The number of carbonyl (C=O) groups excluding carboxylic acids is 1. The Bertz CT molecular complexity index is 757. The molecule has 2 heterocycles. The number of piperazine rings is 1. The zero-order valence-corrected chi connectivity index (χ0v) is 15.2. The number of amides is 1. The second-order valence-electron chi connectivity index (χ2n) is 6.40. The third-order valence-corrected chi connectivity index (χ3v) is 4.37. The summed E-state index contributed by atoms with van der Waals surface area (Å²) in [6.45, 7) is 7.34. The summed E-state index contributed by atoms with van der Waals surface area (Å²) < 4.78 is 13.1. The molecule has 1 aliphatic rings. The quantitative estimate of drug-likeness (QED) is 0.892. The van der Waals surface area contributed by atoms with Crippen molar-refractivity contribution in [2.24, 2.45) is 0 Å². The van der Waals surface area contributed by atoms with Crippen LogP contribution in [0.4, 0.5) is 16.0 Å². The first-order valence-electron chi connectivity index (χ1n) is 8.96. The average Bonchev–Trinajstić information content (AvgIpc) is 2.66. The number of aryl methyl sites for hydroxylation is 1. The predicted octanol–water partition coefficient (Wildman–Crippen LogP) is 2.71. The van der Waals surface area contributed by atoms with Crippen LogP contribution in [0.5, 0.6) is 0 Å². The second-order valence-corrected chi connectivity index (χ2v) is 6.40. The lowest BCUT2D eigenvalue weighted by molar-refractivity contribution is 0.0740. The van der Waals surface area contributed by atoms with Crippen molar-refractivity contribution in [1.82, 2.24) is 14.9 Å². The Hall–Kier alpha value is -2.70. The highest BCUT2D eigenvalue weighted by Gasteiger charge is 2.24. The maximum absolute atomic E-state index is 13.1. The van der Waals surface area contributed by atoms with Crippen molar-refractivity contribution in [2.45, 2.75) is 20.3 Å². The highest BCUT2D eigenvalue weighted by molar-refractivity contribution is 5.92. The van der Waals surface area contributed by atoms with Crippen LogP contribution in [-0.4, -0.2) is 53.5 Å². The van der Waals surface area contributed by atoms with Crippen LogP contribution in [0.25, 0.3) is 0 Å². The molecule has 1 amide bonds. The number of carbonyl (C=O) groups is 1. The number of aromatic nitrogens is 2. The SMILES string of the molecule is CCCNc1nc(C)cc(C(=O)N2CCN(c3ccc(F)cc3)CC2)n1. The normalized spacial score (nSPS) is 14.4. The summed E-state index contributed by atoms with van der Waals surface area (Å²) in [5.74, 6) is 0.183. The Balaban J connectivity index is 1.64. The monoisotopic (exact) mass is 357 g/mol. The molecule has 1 saturated heterocycles. The van der Waals surface area contributed by atoms with E-state index in [-0.39, 0.29) is 11.7 Å². The van der Waals surface area contributed by atoms with E-state index in [1.54, 1.807) is 18.2 Å².